The van der Waals surface area contributed by atoms with Crippen molar-refractivity contribution in [2.45, 2.75) is 13.0 Å². The van der Waals surface area contributed by atoms with Crippen LogP contribution in [0.5, 0.6) is 0 Å². The van der Waals surface area contributed by atoms with Gasteiger partial charge < -0.3 is 9.80 Å². The van der Waals surface area contributed by atoms with Crippen LogP contribution in [0.15, 0.2) is 6.33 Å². The smallest absolute Gasteiger partial charge is 0.246 e. The van der Waals surface area contributed by atoms with Crippen molar-refractivity contribution in [1.82, 2.24) is 30.0 Å². The van der Waals surface area contributed by atoms with Crippen molar-refractivity contribution in [3.05, 3.63) is 6.33 Å². The maximum Gasteiger partial charge on any atom is 0.246 e. The molecule has 0 aromatic carbocycles. The molecule has 8 nitrogen and oxygen atoms in total. The molecule has 0 saturated carbocycles. The average molecular weight is 264 g/mol. The van der Waals surface area contributed by atoms with Gasteiger partial charge in [-0.25, -0.2) is 0 Å². The second kappa shape index (κ2) is 4.60. The fourth-order valence-corrected chi connectivity index (χ4v) is 2.88. The van der Waals surface area contributed by atoms with Crippen molar-refractivity contribution in [3.8, 4) is 0 Å². The van der Waals surface area contributed by atoms with Gasteiger partial charge in [0.1, 0.15) is 6.54 Å². The molecule has 0 unspecified atom stereocenters. The Hall–Kier alpha value is -1.99. The molecule has 2 aliphatic rings. The van der Waals surface area contributed by atoms with Gasteiger partial charge in [0.05, 0.1) is 5.92 Å². The van der Waals surface area contributed by atoms with Gasteiger partial charge in [0.25, 0.3) is 0 Å². The van der Waals surface area contributed by atoms with Crippen LogP contribution in [0.4, 0.5) is 0 Å². The fourth-order valence-electron chi connectivity index (χ4n) is 2.88. The second-order valence-electron chi connectivity index (χ2n) is 5.18. The molecule has 3 heterocycles. The van der Waals surface area contributed by atoms with E-state index < -0.39 is 0 Å². The lowest BCUT2D eigenvalue weighted by molar-refractivity contribution is -0.138. The Morgan fingerprint density at radius 2 is 2.32 bits per heavy atom. The van der Waals surface area contributed by atoms with Crippen molar-refractivity contribution in [2.75, 3.05) is 26.7 Å². The Labute approximate surface area is 110 Å². The third-order valence-corrected chi connectivity index (χ3v) is 3.99. The number of tetrazole rings is 1. The molecule has 0 N–H and O–H groups in total. The predicted molar refractivity (Wildman–Crippen MR) is 63.6 cm³/mol. The third kappa shape index (κ3) is 2.18. The van der Waals surface area contributed by atoms with Gasteiger partial charge in [-0.2, -0.15) is 4.80 Å². The number of fused-ring (bicyclic) bond motifs is 1. The summed E-state index contributed by atoms with van der Waals surface area (Å²) in [6, 6.07) is 0. The SMILES string of the molecule is CN1CC[C@@H]2CN(C(=O)Cn3ncnn3)C[C@@H]2C1=O. The molecule has 1 aromatic rings. The zero-order valence-electron chi connectivity index (χ0n) is 10.8. The zero-order valence-corrected chi connectivity index (χ0v) is 10.8. The molecule has 3 rings (SSSR count). The van der Waals surface area contributed by atoms with E-state index in [0.717, 1.165) is 13.0 Å². The Morgan fingerprint density at radius 1 is 1.47 bits per heavy atom. The molecule has 8 heteroatoms. The summed E-state index contributed by atoms with van der Waals surface area (Å²) < 4.78 is 0. The summed E-state index contributed by atoms with van der Waals surface area (Å²) in [5, 5.41) is 11.1. The number of hydrogen-bond donors (Lipinski definition) is 0. The number of carbonyl (C=O) groups is 2. The van der Waals surface area contributed by atoms with Gasteiger partial charge in [-0.05, 0) is 17.6 Å². The topological polar surface area (TPSA) is 84.2 Å². The van der Waals surface area contributed by atoms with E-state index in [1.54, 1.807) is 9.80 Å². The van der Waals surface area contributed by atoms with Crippen LogP contribution in [-0.4, -0.2) is 68.5 Å². The van der Waals surface area contributed by atoms with Crippen LogP contribution in [0, 0.1) is 11.8 Å². The molecular formula is C11H16N6O2. The van der Waals surface area contributed by atoms with Gasteiger partial charge in [0.15, 0.2) is 6.33 Å². The molecule has 102 valence electrons. The lowest BCUT2D eigenvalue weighted by Crippen LogP contribution is -2.42. The summed E-state index contributed by atoms with van der Waals surface area (Å²) in [7, 11) is 1.82. The molecule has 2 fully saturated rings. The summed E-state index contributed by atoms with van der Waals surface area (Å²) in [6.07, 6.45) is 2.27. The highest BCUT2D eigenvalue weighted by molar-refractivity contribution is 5.83. The molecule has 19 heavy (non-hydrogen) atoms. The Balaban J connectivity index is 1.65. The molecule has 2 amide bonds. The minimum Gasteiger partial charge on any atom is -0.345 e. The standard InChI is InChI=1S/C11H16N6O2/c1-15-3-2-8-4-16(5-9(8)11(15)19)10(18)6-17-13-7-12-14-17/h7-9H,2-6H2,1H3/t8-,9+/m1/s1. The number of likely N-dealkylation sites (tertiary alicyclic amines) is 2. The van der Waals surface area contributed by atoms with E-state index in [1.807, 2.05) is 7.05 Å². The van der Waals surface area contributed by atoms with Gasteiger partial charge in [-0.3, -0.25) is 9.59 Å². The fraction of sp³-hybridized carbons (Fsp3) is 0.727. The summed E-state index contributed by atoms with van der Waals surface area (Å²) in [4.78, 5) is 28.9. The molecule has 2 saturated heterocycles. The van der Waals surface area contributed by atoms with E-state index in [2.05, 4.69) is 15.4 Å². The van der Waals surface area contributed by atoms with Crippen LogP contribution in [0.1, 0.15) is 6.42 Å². The van der Waals surface area contributed by atoms with Crippen molar-refractivity contribution < 1.29 is 9.59 Å². The van der Waals surface area contributed by atoms with Crippen LogP contribution >= 0.6 is 0 Å². The minimum absolute atomic E-state index is 0.0357. The Kier molecular flexibility index (Phi) is 2.92. The maximum atomic E-state index is 12.1. The largest absolute Gasteiger partial charge is 0.345 e. The van der Waals surface area contributed by atoms with Gasteiger partial charge in [-0.15, -0.1) is 10.2 Å². The first kappa shape index (κ1) is 12.1. The molecular weight excluding hydrogens is 248 g/mol. The highest BCUT2D eigenvalue weighted by Gasteiger charge is 2.43. The van der Waals surface area contributed by atoms with Crippen LogP contribution in [-0.2, 0) is 16.1 Å². The third-order valence-electron chi connectivity index (χ3n) is 3.99. The van der Waals surface area contributed by atoms with Gasteiger partial charge in [-0.1, -0.05) is 0 Å². The van der Waals surface area contributed by atoms with E-state index in [1.165, 1.54) is 11.1 Å². The lowest BCUT2D eigenvalue weighted by Gasteiger charge is -2.30. The molecule has 2 atom stereocenters. The van der Waals surface area contributed by atoms with E-state index in [4.69, 9.17) is 0 Å². The van der Waals surface area contributed by atoms with Gasteiger partial charge >= 0.3 is 0 Å². The summed E-state index contributed by atoms with van der Waals surface area (Å²) in [5.74, 6) is 0.371. The zero-order chi connectivity index (χ0) is 13.4. The number of amides is 2. The van der Waals surface area contributed by atoms with Crippen molar-refractivity contribution in [2.24, 2.45) is 11.8 Å². The Morgan fingerprint density at radius 3 is 3.05 bits per heavy atom. The van der Waals surface area contributed by atoms with Gasteiger partial charge in [0.2, 0.25) is 11.8 Å². The highest BCUT2D eigenvalue weighted by Crippen LogP contribution is 2.31. The average Bonchev–Trinajstić information content (AvgIpc) is 3.02. The monoisotopic (exact) mass is 264 g/mol. The molecule has 0 aliphatic carbocycles. The molecule has 2 aliphatic heterocycles. The van der Waals surface area contributed by atoms with E-state index in [9.17, 15) is 9.59 Å². The number of aromatic nitrogens is 4. The van der Waals surface area contributed by atoms with E-state index in [-0.39, 0.29) is 24.3 Å². The first-order chi connectivity index (χ1) is 9.15. The highest BCUT2D eigenvalue weighted by atomic mass is 16.2. The normalized spacial score (nSPS) is 26.7. The van der Waals surface area contributed by atoms with Crippen molar-refractivity contribution in [1.29, 1.82) is 0 Å². The molecule has 0 spiro atoms. The maximum absolute atomic E-state index is 12.1. The Bertz CT molecular complexity index is 487. The minimum atomic E-state index is -0.0529. The van der Waals surface area contributed by atoms with Crippen LogP contribution in [0.3, 0.4) is 0 Å². The van der Waals surface area contributed by atoms with E-state index in [0.29, 0.717) is 19.0 Å². The van der Waals surface area contributed by atoms with Crippen molar-refractivity contribution in [3.63, 3.8) is 0 Å². The first-order valence-corrected chi connectivity index (χ1v) is 6.38. The molecule has 1 aromatic heterocycles. The summed E-state index contributed by atoms with van der Waals surface area (Å²) in [5.41, 5.74) is 0. The number of nitrogens with zero attached hydrogens (tertiary/aromatic N) is 6. The number of piperidine rings is 1. The van der Waals surface area contributed by atoms with Crippen LogP contribution in [0.25, 0.3) is 0 Å². The number of hydrogen-bond acceptors (Lipinski definition) is 5. The number of carbonyl (C=O) groups excluding carboxylic acids is 2. The second-order valence-corrected chi connectivity index (χ2v) is 5.18. The number of rotatable bonds is 2. The lowest BCUT2D eigenvalue weighted by atomic mass is 9.88. The van der Waals surface area contributed by atoms with Crippen molar-refractivity contribution >= 4 is 11.8 Å². The van der Waals surface area contributed by atoms with E-state index >= 15 is 0 Å². The quantitative estimate of drug-likeness (QED) is 0.656. The van der Waals surface area contributed by atoms with Gasteiger partial charge in [0, 0.05) is 26.7 Å². The first-order valence-electron chi connectivity index (χ1n) is 6.38. The molecule has 0 radical (unpaired) electrons. The predicted octanol–water partition coefficient (Wildman–Crippen LogP) is -1.39. The van der Waals surface area contributed by atoms with Crippen LogP contribution < -0.4 is 0 Å². The summed E-state index contributed by atoms with van der Waals surface area (Å²) in [6.45, 7) is 2.05. The molecule has 0 bridgehead atoms. The summed E-state index contributed by atoms with van der Waals surface area (Å²) >= 11 is 0. The van der Waals surface area contributed by atoms with Crippen LogP contribution in [0.2, 0.25) is 0 Å².